The molecule has 120 valence electrons. The van der Waals surface area contributed by atoms with E-state index in [1.54, 1.807) is 0 Å². The van der Waals surface area contributed by atoms with E-state index < -0.39 is 0 Å². The second kappa shape index (κ2) is 9.46. The first kappa shape index (κ1) is 18.5. The Morgan fingerprint density at radius 3 is 1.50 bits per heavy atom. The van der Waals surface area contributed by atoms with Gasteiger partial charge >= 0.3 is 0 Å². The summed E-state index contributed by atoms with van der Waals surface area (Å²) in [6.07, 6.45) is 4.88. The van der Waals surface area contributed by atoms with Crippen LogP contribution in [0.4, 0.5) is 0 Å². The number of benzene rings is 2. The van der Waals surface area contributed by atoms with Gasteiger partial charge in [-0.3, -0.25) is 0 Å². The number of aryl methyl sites for hydroxylation is 2. The molecule has 0 amide bonds. The third kappa shape index (κ3) is 6.93. The van der Waals surface area contributed by atoms with Gasteiger partial charge in [0.2, 0.25) is 0 Å². The lowest BCUT2D eigenvalue weighted by atomic mass is 9.86. The standard InChI is InChI=1S/C18H22.C4H10/c1-18(2,3)17-13-11-16(12-14-17)10-9-15-7-5-4-6-8-15;1-3-4-2/h4-8,11-14H,9-10H2,1-3H3;3-4H2,1-2H3. The van der Waals surface area contributed by atoms with Crippen molar-refractivity contribution >= 4 is 0 Å². The second-order valence-corrected chi connectivity index (χ2v) is 6.93. The van der Waals surface area contributed by atoms with Crippen molar-refractivity contribution in [1.29, 1.82) is 0 Å². The molecular formula is C22H32. The molecule has 0 atom stereocenters. The highest BCUT2D eigenvalue weighted by molar-refractivity contribution is 5.28. The average Bonchev–Trinajstić information content (AvgIpc) is 2.54. The van der Waals surface area contributed by atoms with Crippen molar-refractivity contribution < 1.29 is 0 Å². The molecule has 0 fully saturated rings. The summed E-state index contributed by atoms with van der Waals surface area (Å²) in [4.78, 5) is 0. The lowest BCUT2D eigenvalue weighted by molar-refractivity contribution is 0.590. The van der Waals surface area contributed by atoms with Gasteiger partial charge in [-0.05, 0) is 34.9 Å². The molecule has 2 rings (SSSR count). The summed E-state index contributed by atoms with van der Waals surface area (Å²) in [6.45, 7) is 11.1. The maximum Gasteiger partial charge on any atom is -0.0132 e. The quantitative estimate of drug-likeness (QED) is 0.598. The smallest absolute Gasteiger partial charge is 0.0132 e. The lowest BCUT2D eigenvalue weighted by Crippen LogP contribution is -2.10. The van der Waals surface area contributed by atoms with Crippen LogP contribution in [0.1, 0.15) is 64.2 Å². The Labute approximate surface area is 137 Å². The van der Waals surface area contributed by atoms with Crippen LogP contribution in [0, 0.1) is 0 Å². The summed E-state index contributed by atoms with van der Waals surface area (Å²) in [5, 5.41) is 0. The van der Waals surface area contributed by atoms with E-state index in [1.165, 1.54) is 29.5 Å². The van der Waals surface area contributed by atoms with Gasteiger partial charge < -0.3 is 0 Å². The van der Waals surface area contributed by atoms with Gasteiger partial charge in [0.15, 0.2) is 0 Å². The molecule has 0 nitrogen and oxygen atoms in total. The summed E-state index contributed by atoms with van der Waals surface area (Å²) in [5.41, 5.74) is 4.49. The predicted octanol–water partition coefficient (Wildman–Crippen LogP) is 6.58. The van der Waals surface area contributed by atoms with Gasteiger partial charge in [0.25, 0.3) is 0 Å². The molecule has 0 aliphatic heterocycles. The van der Waals surface area contributed by atoms with Crippen LogP contribution in [0.5, 0.6) is 0 Å². The molecule has 0 heterocycles. The Hall–Kier alpha value is -1.56. The Kier molecular flexibility index (Phi) is 7.95. The van der Waals surface area contributed by atoms with E-state index in [-0.39, 0.29) is 5.41 Å². The van der Waals surface area contributed by atoms with E-state index in [2.05, 4.69) is 89.2 Å². The van der Waals surface area contributed by atoms with E-state index >= 15 is 0 Å². The van der Waals surface area contributed by atoms with Crippen molar-refractivity contribution in [3.05, 3.63) is 71.3 Å². The highest BCUT2D eigenvalue weighted by Gasteiger charge is 2.12. The van der Waals surface area contributed by atoms with Crippen LogP contribution in [0.3, 0.4) is 0 Å². The maximum atomic E-state index is 2.27. The number of unbranched alkanes of at least 4 members (excludes halogenated alkanes) is 1. The highest BCUT2D eigenvalue weighted by atomic mass is 14.2. The van der Waals surface area contributed by atoms with Crippen LogP contribution in [0.15, 0.2) is 54.6 Å². The molecule has 0 aromatic heterocycles. The number of hydrogen-bond acceptors (Lipinski definition) is 0. The molecule has 0 N–H and O–H groups in total. The molecule has 0 saturated carbocycles. The highest BCUT2D eigenvalue weighted by Crippen LogP contribution is 2.22. The van der Waals surface area contributed by atoms with Crippen LogP contribution >= 0.6 is 0 Å². The summed E-state index contributed by atoms with van der Waals surface area (Å²) >= 11 is 0. The Morgan fingerprint density at radius 2 is 1.09 bits per heavy atom. The van der Waals surface area contributed by atoms with Crippen molar-refractivity contribution in [2.45, 2.75) is 65.7 Å². The molecule has 22 heavy (non-hydrogen) atoms. The molecule has 2 aromatic rings. The van der Waals surface area contributed by atoms with Crippen molar-refractivity contribution in [2.24, 2.45) is 0 Å². The zero-order valence-electron chi connectivity index (χ0n) is 15.0. The van der Waals surface area contributed by atoms with E-state index in [0.29, 0.717) is 0 Å². The minimum absolute atomic E-state index is 0.248. The minimum atomic E-state index is 0.248. The van der Waals surface area contributed by atoms with Gasteiger partial charge in [-0.25, -0.2) is 0 Å². The minimum Gasteiger partial charge on any atom is -0.0654 e. The molecule has 0 unspecified atom stereocenters. The van der Waals surface area contributed by atoms with Crippen LogP contribution in [0.2, 0.25) is 0 Å². The molecule has 0 aliphatic rings. The van der Waals surface area contributed by atoms with Gasteiger partial charge in [0, 0.05) is 0 Å². The first-order valence-corrected chi connectivity index (χ1v) is 8.60. The first-order valence-electron chi connectivity index (χ1n) is 8.60. The average molecular weight is 296 g/mol. The monoisotopic (exact) mass is 296 g/mol. The zero-order chi connectivity index (χ0) is 16.4. The summed E-state index contributed by atoms with van der Waals surface area (Å²) < 4.78 is 0. The van der Waals surface area contributed by atoms with Crippen molar-refractivity contribution in [3.8, 4) is 0 Å². The molecule has 0 radical (unpaired) electrons. The van der Waals surface area contributed by atoms with Gasteiger partial charge in [-0.2, -0.15) is 0 Å². The Morgan fingerprint density at radius 1 is 0.636 bits per heavy atom. The normalized spacial score (nSPS) is 10.8. The van der Waals surface area contributed by atoms with Gasteiger partial charge in [-0.15, -0.1) is 0 Å². The lowest BCUT2D eigenvalue weighted by Gasteiger charge is -2.19. The SMILES string of the molecule is CC(C)(C)c1ccc(CCc2ccccc2)cc1.CCCC. The van der Waals surface area contributed by atoms with Crippen LogP contribution < -0.4 is 0 Å². The molecular weight excluding hydrogens is 264 g/mol. The van der Waals surface area contributed by atoms with Crippen LogP contribution in [-0.4, -0.2) is 0 Å². The molecule has 0 saturated heterocycles. The van der Waals surface area contributed by atoms with E-state index in [1.807, 2.05) is 0 Å². The molecule has 2 aromatic carbocycles. The molecule has 0 spiro atoms. The first-order chi connectivity index (χ1) is 10.5. The fourth-order valence-electron chi connectivity index (χ4n) is 2.10. The fourth-order valence-corrected chi connectivity index (χ4v) is 2.10. The van der Waals surface area contributed by atoms with Gasteiger partial charge in [0.1, 0.15) is 0 Å². The Balaban J connectivity index is 0.000000541. The molecule has 0 heteroatoms. The van der Waals surface area contributed by atoms with Gasteiger partial charge in [-0.1, -0.05) is 102 Å². The number of hydrogen-bond donors (Lipinski definition) is 0. The van der Waals surface area contributed by atoms with Crippen LogP contribution in [0.25, 0.3) is 0 Å². The molecule has 0 bridgehead atoms. The largest absolute Gasteiger partial charge is 0.0654 e. The van der Waals surface area contributed by atoms with Gasteiger partial charge in [0.05, 0.1) is 0 Å². The van der Waals surface area contributed by atoms with E-state index in [4.69, 9.17) is 0 Å². The zero-order valence-corrected chi connectivity index (χ0v) is 15.0. The van der Waals surface area contributed by atoms with Crippen LogP contribution in [-0.2, 0) is 18.3 Å². The topological polar surface area (TPSA) is 0 Å². The third-order valence-corrected chi connectivity index (χ3v) is 3.87. The predicted molar refractivity (Wildman–Crippen MR) is 99.6 cm³/mol. The number of rotatable bonds is 4. The van der Waals surface area contributed by atoms with Crippen molar-refractivity contribution in [3.63, 3.8) is 0 Å². The van der Waals surface area contributed by atoms with E-state index in [9.17, 15) is 0 Å². The summed E-state index contributed by atoms with van der Waals surface area (Å²) in [7, 11) is 0. The van der Waals surface area contributed by atoms with E-state index in [0.717, 1.165) is 12.8 Å². The summed E-state index contributed by atoms with van der Waals surface area (Å²) in [6, 6.07) is 19.7. The fraction of sp³-hybridized carbons (Fsp3) is 0.455. The maximum absolute atomic E-state index is 2.27. The summed E-state index contributed by atoms with van der Waals surface area (Å²) in [5.74, 6) is 0. The van der Waals surface area contributed by atoms with Crippen molar-refractivity contribution in [2.75, 3.05) is 0 Å². The molecule has 0 aliphatic carbocycles. The third-order valence-electron chi connectivity index (χ3n) is 3.87. The Bertz CT molecular complexity index is 498. The second-order valence-electron chi connectivity index (χ2n) is 6.93. The van der Waals surface area contributed by atoms with Crippen molar-refractivity contribution in [1.82, 2.24) is 0 Å².